The Morgan fingerprint density at radius 2 is 0.854 bits per heavy atom. The van der Waals surface area contributed by atoms with Crippen LogP contribution in [-0.4, -0.2) is 183 Å². The van der Waals surface area contributed by atoms with Crippen molar-refractivity contribution in [2.45, 2.75) is 146 Å². The SMILES string of the molecule is CC(C)C[C@H](NC(=O)CNC(=O)[C@H](Cc1ccccc1)NC(=O)[C@H](CO)NC(=O)[C@H](CC(N)=O)NC(=O)[C@H](CC(C)C)NC(=O)[C@H](CC(N)=O)NC(=O)[C@@H](N)Cc1ccc(O)cc1)C(=O)N[C@@H](CCCN=C(N)N)C(=O)N[C@@H](Cc1ccc(O)cc1)C(N)=O.O=C(O)C(F)(F)F. The average molecular weight is 1360 g/mol. The highest BCUT2D eigenvalue weighted by Crippen LogP contribution is 2.16. The van der Waals surface area contributed by atoms with Gasteiger partial charge in [-0.25, -0.2) is 4.79 Å². The van der Waals surface area contributed by atoms with Gasteiger partial charge in [-0.2, -0.15) is 13.2 Å². The number of halogens is 3. The van der Waals surface area contributed by atoms with E-state index in [9.17, 15) is 86.0 Å². The van der Waals surface area contributed by atoms with E-state index in [1.165, 1.54) is 48.5 Å². The summed E-state index contributed by atoms with van der Waals surface area (Å²) < 4.78 is 31.7. The van der Waals surface area contributed by atoms with E-state index in [0.717, 1.165) is 0 Å². The number of nitrogens with zero attached hydrogens (tertiary/aromatic N) is 1. The van der Waals surface area contributed by atoms with Gasteiger partial charge in [0.25, 0.3) is 0 Å². The van der Waals surface area contributed by atoms with Crippen molar-refractivity contribution in [1.82, 2.24) is 47.9 Å². The van der Waals surface area contributed by atoms with E-state index in [2.05, 4.69) is 52.8 Å². The Bertz CT molecular complexity index is 3180. The van der Waals surface area contributed by atoms with Gasteiger partial charge in [-0.15, -0.1) is 0 Å². The smallest absolute Gasteiger partial charge is 0.490 e. The zero-order chi connectivity index (χ0) is 72.6. The van der Waals surface area contributed by atoms with Crippen molar-refractivity contribution in [3.05, 3.63) is 95.6 Å². The lowest BCUT2D eigenvalue weighted by Crippen LogP contribution is -2.61. The molecule has 0 spiro atoms. The lowest BCUT2D eigenvalue weighted by Gasteiger charge is -2.27. The molecule has 528 valence electrons. The Morgan fingerprint density at radius 3 is 1.30 bits per heavy atom. The quantitative estimate of drug-likeness (QED) is 0.0146. The van der Waals surface area contributed by atoms with E-state index < -0.39 is 163 Å². The summed E-state index contributed by atoms with van der Waals surface area (Å²) in [6.45, 7) is 5.04. The van der Waals surface area contributed by atoms with Gasteiger partial charge >= 0.3 is 12.1 Å². The van der Waals surface area contributed by atoms with Gasteiger partial charge in [-0.1, -0.05) is 82.3 Å². The summed E-state index contributed by atoms with van der Waals surface area (Å²) in [6, 6.07) is 6.32. The van der Waals surface area contributed by atoms with Crippen molar-refractivity contribution >= 4 is 82.8 Å². The van der Waals surface area contributed by atoms with Gasteiger partial charge in [0.05, 0.1) is 32.0 Å². The van der Waals surface area contributed by atoms with Crippen molar-refractivity contribution in [1.29, 1.82) is 0 Å². The molecule has 0 aliphatic rings. The zero-order valence-electron chi connectivity index (χ0n) is 53.0. The molecule has 12 amide bonds. The zero-order valence-corrected chi connectivity index (χ0v) is 53.0. The number of amides is 12. The number of carbonyl (C=O) groups is 13. The number of primary amides is 3. The number of rotatable bonds is 38. The molecular formula is C60H85F3N16O17. The minimum Gasteiger partial charge on any atom is -0.508 e. The van der Waals surface area contributed by atoms with E-state index in [-0.39, 0.29) is 80.8 Å². The molecule has 3 rings (SSSR count). The highest BCUT2D eigenvalue weighted by molar-refractivity contribution is 6.00. The van der Waals surface area contributed by atoms with E-state index in [4.69, 9.17) is 44.3 Å². The number of hydrogen-bond donors (Lipinski definition) is 19. The molecule has 36 heteroatoms. The molecule has 0 unspecified atom stereocenters. The number of guanidine groups is 1. The van der Waals surface area contributed by atoms with Gasteiger partial charge in [0.15, 0.2) is 5.96 Å². The van der Waals surface area contributed by atoms with Crippen LogP contribution in [-0.2, 0) is 81.6 Å². The molecule has 0 heterocycles. The van der Waals surface area contributed by atoms with Gasteiger partial charge in [-0.05, 0) is 84.9 Å². The van der Waals surface area contributed by atoms with Crippen LogP contribution in [0, 0.1) is 11.8 Å². The maximum atomic E-state index is 14.0. The summed E-state index contributed by atoms with van der Waals surface area (Å²) in [5.41, 5.74) is 35.1. The molecule has 0 fully saturated rings. The summed E-state index contributed by atoms with van der Waals surface area (Å²) in [5.74, 6) is -15.5. The molecule has 0 aliphatic carbocycles. The molecule has 96 heavy (non-hydrogen) atoms. The van der Waals surface area contributed by atoms with Crippen LogP contribution < -0.4 is 82.3 Å². The predicted octanol–water partition coefficient (Wildman–Crippen LogP) is -4.54. The molecule has 3 aromatic rings. The van der Waals surface area contributed by atoms with Gasteiger partial charge in [-0.3, -0.25) is 62.5 Å². The van der Waals surface area contributed by atoms with Crippen molar-refractivity contribution in [2.75, 3.05) is 19.7 Å². The number of alkyl halides is 3. The highest BCUT2D eigenvalue weighted by Gasteiger charge is 2.39. The first-order chi connectivity index (χ1) is 44.9. The molecule has 9 atom stereocenters. The van der Waals surface area contributed by atoms with Crippen molar-refractivity contribution in [3.8, 4) is 11.5 Å². The number of phenols is 2. The topological polar surface area (TPSA) is 580 Å². The number of hydrogen-bond acceptors (Lipinski definition) is 18. The number of phenolic OH excluding ortho intramolecular Hbond substituents is 2. The maximum absolute atomic E-state index is 14.0. The van der Waals surface area contributed by atoms with Crippen molar-refractivity contribution < 1.29 is 95.9 Å². The average Bonchev–Trinajstić information content (AvgIpc) is 0.928. The van der Waals surface area contributed by atoms with Crippen LogP contribution in [0.5, 0.6) is 11.5 Å². The number of aromatic hydroxyl groups is 2. The first-order valence-electron chi connectivity index (χ1n) is 29.8. The lowest BCUT2D eigenvalue weighted by atomic mass is 10.0. The van der Waals surface area contributed by atoms with Gasteiger partial charge in [0, 0.05) is 19.4 Å². The summed E-state index contributed by atoms with van der Waals surface area (Å²) in [6.07, 6.45) is -6.98. The molecule has 0 bridgehead atoms. The van der Waals surface area contributed by atoms with Crippen LogP contribution in [0.4, 0.5) is 13.2 Å². The number of benzene rings is 3. The Labute approximate surface area is 549 Å². The number of nitrogens with one attached hydrogen (secondary N) is 9. The molecule has 0 aliphatic heterocycles. The van der Waals surface area contributed by atoms with E-state index in [1.54, 1.807) is 58.0 Å². The van der Waals surface area contributed by atoms with Crippen LogP contribution in [0.3, 0.4) is 0 Å². The summed E-state index contributed by atoms with van der Waals surface area (Å²) in [7, 11) is 0. The first kappa shape index (κ1) is 81.4. The molecule has 3 aromatic carbocycles. The molecule has 0 radical (unpaired) electrons. The number of carboxylic acid groups (broad SMARTS) is 1. The number of nitrogens with two attached hydrogens (primary N) is 6. The molecular weight excluding hydrogens is 1270 g/mol. The number of carbonyl (C=O) groups excluding carboxylic acids is 12. The molecule has 0 saturated heterocycles. The Morgan fingerprint density at radius 1 is 0.479 bits per heavy atom. The van der Waals surface area contributed by atoms with Crippen LogP contribution in [0.25, 0.3) is 0 Å². The second-order valence-electron chi connectivity index (χ2n) is 22.7. The van der Waals surface area contributed by atoms with Gasteiger partial charge in [0.2, 0.25) is 70.9 Å². The van der Waals surface area contributed by atoms with E-state index >= 15 is 0 Å². The number of aliphatic carboxylic acids is 1. The third kappa shape index (κ3) is 31.8. The Balaban J connectivity index is 0.00000423. The fourth-order valence-corrected chi connectivity index (χ4v) is 8.77. The standard InChI is InChI=1S/C58H84N16O15.C2HF3O2/c1-30(2)21-40(53(85)68-38(11-8-20-65-58(63)64)52(84)69-39(49(62)81)24-34-14-18-36(77)19-15-34)67-48(80)28-66-51(83)42(25-32-9-6-5-7-10-32)72-57(89)45(29-75)74-56(88)44(27-47(61)79)73-54(86)41(22-31(3)4)71-55(87)43(26-46(60)78)70-50(82)37(59)23-33-12-16-35(76)17-13-33;3-2(4,5)1(6)7/h5-7,9-10,12-19,30-31,37-45,75-77H,8,11,20-29,59H2,1-4H3,(H2,60,78)(H2,61,79)(H2,62,81)(H,66,83)(H,67,80)(H,68,85)(H,69,84)(H,70,82)(H,71,87)(H,72,89)(H,73,86)(H,74,88)(H4,63,64,65);(H,6,7)/t37-,38-,39-,40-,41-,42-,43-,44-,45-;/m0./s1. The Kier molecular flexibility index (Phi) is 34.3. The summed E-state index contributed by atoms with van der Waals surface area (Å²) >= 11 is 0. The second kappa shape index (κ2) is 40.5. The molecule has 0 aromatic heterocycles. The number of aliphatic hydroxyl groups excluding tert-OH is 1. The fourth-order valence-electron chi connectivity index (χ4n) is 8.77. The third-order valence-corrected chi connectivity index (χ3v) is 13.5. The van der Waals surface area contributed by atoms with E-state index in [1.807, 2.05) is 0 Å². The highest BCUT2D eigenvalue weighted by atomic mass is 19.4. The van der Waals surface area contributed by atoms with E-state index in [0.29, 0.717) is 16.7 Å². The monoisotopic (exact) mass is 1360 g/mol. The lowest BCUT2D eigenvalue weighted by molar-refractivity contribution is -0.192. The molecule has 33 nitrogen and oxygen atoms in total. The number of aliphatic hydroxyl groups is 1. The van der Waals surface area contributed by atoms with Crippen LogP contribution in [0.2, 0.25) is 0 Å². The van der Waals surface area contributed by atoms with Crippen LogP contribution in [0.1, 0.15) is 82.9 Å². The minimum atomic E-state index is -5.08. The minimum absolute atomic E-state index is 0.0273. The van der Waals surface area contributed by atoms with Crippen LogP contribution >= 0.6 is 0 Å². The summed E-state index contributed by atoms with van der Waals surface area (Å²) in [4.78, 5) is 174. The van der Waals surface area contributed by atoms with Gasteiger partial charge < -0.3 is 103 Å². The van der Waals surface area contributed by atoms with Crippen LogP contribution in [0.15, 0.2) is 83.9 Å². The fraction of sp³-hybridized carbons (Fsp3) is 0.467. The molecule has 25 N–H and O–H groups in total. The largest absolute Gasteiger partial charge is 0.508 e. The maximum Gasteiger partial charge on any atom is 0.490 e. The summed E-state index contributed by atoms with van der Waals surface area (Å²) in [5, 5.41) is 58.8. The van der Waals surface area contributed by atoms with Gasteiger partial charge in [0.1, 0.15) is 59.8 Å². The normalized spacial score (nSPS) is 13.8. The first-order valence-corrected chi connectivity index (χ1v) is 29.8. The number of carboxylic acids is 1. The number of aliphatic imine (C=N–C) groups is 1. The Hall–Kier alpha value is -10.7. The van der Waals surface area contributed by atoms with Crippen molar-refractivity contribution in [2.24, 2.45) is 51.2 Å². The predicted molar refractivity (Wildman–Crippen MR) is 337 cm³/mol. The second-order valence-corrected chi connectivity index (χ2v) is 22.7. The molecule has 0 saturated carbocycles. The van der Waals surface area contributed by atoms with Crippen molar-refractivity contribution in [3.63, 3.8) is 0 Å². The third-order valence-electron chi connectivity index (χ3n) is 13.5.